The molecule has 0 aliphatic heterocycles. The fourth-order valence-corrected chi connectivity index (χ4v) is 3.48. The first-order chi connectivity index (χ1) is 15.8. The molecule has 3 aromatic heterocycles. The van der Waals surface area contributed by atoms with Crippen LogP contribution in [0.4, 0.5) is 13.2 Å². The third-order valence-corrected chi connectivity index (χ3v) is 5.02. The number of aromatic nitrogens is 4. The zero-order chi connectivity index (χ0) is 23.4. The van der Waals surface area contributed by atoms with Crippen LogP contribution >= 0.6 is 0 Å². The van der Waals surface area contributed by atoms with Crippen molar-refractivity contribution in [2.24, 2.45) is 0 Å². The van der Waals surface area contributed by atoms with Gasteiger partial charge < -0.3 is 4.74 Å². The highest BCUT2D eigenvalue weighted by atomic mass is 19.4. The summed E-state index contributed by atoms with van der Waals surface area (Å²) < 4.78 is 44.4. The van der Waals surface area contributed by atoms with Gasteiger partial charge in [0.15, 0.2) is 11.6 Å². The average Bonchev–Trinajstić information content (AvgIpc) is 3.22. The Morgan fingerprint density at radius 3 is 2.55 bits per heavy atom. The molecular weight excluding hydrogens is 433 g/mol. The van der Waals surface area contributed by atoms with E-state index in [0.717, 1.165) is 16.8 Å². The monoisotopic (exact) mass is 454 g/mol. The minimum Gasteiger partial charge on any atom is -0.491 e. The number of halogens is 3. The van der Waals surface area contributed by atoms with Gasteiger partial charge in [-0.05, 0) is 30.7 Å². The highest BCUT2D eigenvalue weighted by Crippen LogP contribution is 2.26. The number of carbonyl (C=O) groups excluding carboxylic acids is 1. The molecule has 3 heterocycles. The SMILES string of the molecule is CCOc1cnc(-c2ccn3c(-c4cccc(CC(=O)CCC(F)(F)F)c4)cnc3c2)nc1. The maximum atomic E-state index is 12.4. The molecule has 4 rings (SSSR count). The van der Waals surface area contributed by atoms with Crippen molar-refractivity contribution in [2.75, 3.05) is 6.61 Å². The lowest BCUT2D eigenvalue weighted by atomic mass is 10.0. The number of pyridine rings is 1. The number of alkyl halides is 3. The normalized spacial score (nSPS) is 11.6. The summed E-state index contributed by atoms with van der Waals surface area (Å²) >= 11 is 0. The molecule has 9 heteroatoms. The van der Waals surface area contributed by atoms with E-state index in [9.17, 15) is 18.0 Å². The Labute approximate surface area is 188 Å². The third kappa shape index (κ3) is 5.54. The topological polar surface area (TPSA) is 69.4 Å². The molecule has 0 atom stereocenters. The van der Waals surface area contributed by atoms with E-state index in [2.05, 4.69) is 15.0 Å². The predicted molar refractivity (Wildman–Crippen MR) is 117 cm³/mol. The number of hydrogen-bond acceptors (Lipinski definition) is 5. The number of hydrogen-bond donors (Lipinski definition) is 0. The van der Waals surface area contributed by atoms with Gasteiger partial charge >= 0.3 is 6.18 Å². The molecule has 6 nitrogen and oxygen atoms in total. The first-order valence-corrected chi connectivity index (χ1v) is 10.4. The van der Waals surface area contributed by atoms with Gasteiger partial charge in [0.25, 0.3) is 0 Å². The summed E-state index contributed by atoms with van der Waals surface area (Å²) in [6, 6.07) is 10.9. The van der Waals surface area contributed by atoms with Crippen LogP contribution in [0.3, 0.4) is 0 Å². The van der Waals surface area contributed by atoms with Crippen molar-refractivity contribution >= 4 is 11.4 Å². The number of Topliss-reactive ketones (excluding diaryl/α,β-unsaturated/α-hetero) is 1. The second kappa shape index (κ2) is 9.40. The Bertz CT molecular complexity index is 1270. The number of ketones is 1. The first-order valence-electron chi connectivity index (χ1n) is 10.4. The molecule has 0 N–H and O–H groups in total. The van der Waals surface area contributed by atoms with Crippen molar-refractivity contribution in [3.63, 3.8) is 0 Å². The highest BCUT2D eigenvalue weighted by Gasteiger charge is 2.27. The Morgan fingerprint density at radius 2 is 1.82 bits per heavy atom. The van der Waals surface area contributed by atoms with E-state index in [1.54, 1.807) is 36.8 Å². The highest BCUT2D eigenvalue weighted by molar-refractivity contribution is 5.81. The fraction of sp³-hybridized carbons (Fsp3) is 0.250. The lowest BCUT2D eigenvalue weighted by Crippen LogP contribution is -2.12. The number of fused-ring (bicyclic) bond motifs is 1. The van der Waals surface area contributed by atoms with Crippen molar-refractivity contribution in [3.8, 4) is 28.4 Å². The smallest absolute Gasteiger partial charge is 0.389 e. The second-order valence-electron chi connectivity index (χ2n) is 7.49. The largest absolute Gasteiger partial charge is 0.491 e. The molecule has 170 valence electrons. The molecular formula is C24H21F3N4O2. The van der Waals surface area contributed by atoms with Gasteiger partial charge in [-0.15, -0.1) is 0 Å². The molecule has 0 saturated heterocycles. The van der Waals surface area contributed by atoms with Gasteiger partial charge in [-0.1, -0.05) is 18.2 Å². The molecule has 0 bridgehead atoms. The average molecular weight is 454 g/mol. The second-order valence-corrected chi connectivity index (χ2v) is 7.49. The first kappa shape index (κ1) is 22.4. The van der Waals surface area contributed by atoms with Gasteiger partial charge in [0.1, 0.15) is 11.4 Å². The van der Waals surface area contributed by atoms with E-state index in [1.807, 2.05) is 35.7 Å². The van der Waals surface area contributed by atoms with Gasteiger partial charge in [0, 0.05) is 30.2 Å². The van der Waals surface area contributed by atoms with E-state index in [1.165, 1.54) is 0 Å². The maximum Gasteiger partial charge on any atom is 0.389 e. The summed E-state index contributed by atoms with van der Waals surface area (Å²) in [5.41, 5.74) is 3.76. The number of benzene rings is 1. The Kier molecular flexibility index (Phi) is 6.39. The molecule has 0 unspecified atom stereocenters. The van der Waals surface area contributed by atoms with Crippen LogP contribution in [0.5, 0.6) is 5.75 Å². The van der Waals surface area contributed by atoms with Gasteiger partial charge in [0.05, 0.1) is 37.3 Å². The third-order valence-electron chi connectivity index (χ3n) is 5.02. The van der Waals surface area contributed by atoms with Crippen molar-refractivity contribution in [1.29, 1.82) is 0 Å². The molecule has 0 saturated carbocycles. The lowest BCUT2D eigenvalue weighted by molar-refractivity contribution is -0.143. The molecule has 0 fully saturated rings. The molecule has 4 aromatic rings. The van der Waals surface area contributed by atoms with Crippen molar-refractivity contribution in [1.82, 2.24) is 19.4 Å². The van der Waals surface area contributed by atoms with E-state index < -0.39 is 24.8 Å². The molecule has 0 aliphatic rings. The van der Waals surface area contributed by atoms with Crippen LogP contribution in [0.2, 0.25) is 0 Å². The Morgan fingerprint density at radius 1 is 1.03 bits per heavy atom. The molecule has 0 spiro atoms. The summed E-state index contributed by atoms with van der Waals surface area (Å²) in [6.07, 6.45) is 0.821. The number of ether oxygens (including phenoxy) is 1. The van der Waals surface area contributed by atoms with Crippen LogP contribution in [0.1, 0.15) is 25.3 Å². The van der Waals surface area contributed by atoms with Gasteiger partial charge in [0.2, 0.25) is 0 Å². The van der Waals surface area contributed by atoms with Crippen molar-refractivity contribution < 1.29 is 22.7 Å². The summed E-state index contributed by atoms with van der Waals surface area (Å²) in [7, 11) is 0. The Hall–Kier alpha value is -3.75. The van der Waals surface area contributed by atoms with Crippen LogP contribution in [0.15, 0.2) is 61.2 Å². The van der Waals surface area contributed by atoms with E-state index in [0.29, 0.717) is 29.4 Å². The Balaban J connectivity index is 1.54. The van der Waals surface area contributed by atoms with Gasteiger partial charge in [-0.3, -0.25) is 9.20 Å². The van der Waals surface area contributed by atoms with Crippen LogP contribution in [-0.4, -0.2) is 37.9 Å². The van der Waals surface area contributed by atoms with Crippen LogP contribution in [-0.2, 0) is 11.2 Å². The van der Waals surface area contributed by atoms with Gasteiger partial charge in [-0.25, -0.2) is 15.0 Å². The summed E-state index contributed by atoms with van der Waals surface area (Å²) in [5, 5.41) is 0. The van der Waals surface area contributed by atoms with E-state index in [4.69, 9.17) is 4.74 Å². The number of carbonyl (C=O) groups is 1. The predicted octanol–water partition coefficient (Wildman–Crippen LogP) is 5.31. The summed E-state index contributed by atoms with van der Waals surface area (Å²) in [5.74, 6) is 0.703. The summed E-state index contributed by atoms with van der Waals surface area (Å²) in [4.78, 5) is 25.1. The molecule has 0 radical (unpaired) electrons. The number of imidazole rings is 1. The molecule has 0 amide bonds. The van der Waals surface area contributed by atoms with E-state index in [-0.39, 0.29) is 6.42 Å². The molecule has 0 aliphatic carbocycles. The van der Waals surface area contributed by atoms with Crippen LogP contribution in [0, 0.1) is 0 Å². The quantitative estimate of drug-likeness (QED) is 0.361. The minimum atomic E-state index is -4.33. The number of rotatable bonds is 8. The fourth-order valence-electron chi connectivity index (χ4n) is 3.48. The standard InChI is InChI=1S/C24H21F3N4O2/c1-2-33-20-13-29-23(30-14-20)18-7-9-31-21(15-28-22(31)12-18)17-5-3-4-16(10-17)11-19(32)6-8-24(25,26)27/h3-5,7,9-10,12-15H,2,6,8,11H2,1H3. The summed E-state index contributed by atoms with van der Waals surface area (Å²) in [6.45, 7) is 2.42. The van der Waals surface area contributed by atoms with Crippen molar-refractivity contribution in [3.05, 3.63) is 66.7 Å². The zero-order valence-corrected chi connectivity index (χ0v) is 17.8. The molecule has 33 heavy (non-hydrogen) atoms. The minimum absolute atomic E-state index is 0.0418. The van der Waals surface area contributed by atoms with E-state index >= 15 is 0 Å². The van der Waals surface area contributed by atoms with Crippen molar-refractivity contribution in [2.45, 2.75) is 32.4 Å². The van der Waals surface area contributed by atoms with Crippen LogP contribution in [0.25, 0.3) is 28.3 Å². The van der Waals surface area contributed by atoms with Gasteiger partial charge in [-0.2, -0.15) is 13.2 Å². The number of nitrogens with zero attached hydrogens (tertiary/aromatic N) is 4. The molecule has 1 aromatic carbocycles. The lowest BCUT2D eigenvalue weighted by Gasteiger charge is -2.08. The van der Waals surface area contributed by atoms with Crippen LogP contribution < -0.4 is 4.74 Å². The zero-order valence-electron chi connectivity index (χ0n) is 17.8. The maximum absolute atomic E-state index is 12.4.